The van der Waals surface area contributed by atoms with E-state index in [1.165, 1.54) is 0 Å². The number of hydrogen-bond donors (Lipinski definition) is 1. The van der Waals surface area contributed by atoms with E-state index in [1.54, 1.807) is 11.8 Å². The molecule has 1 aliphatic rings. The molecule has 1 amide bonds. The molecule has 2 N–H and O–H groups in total. The second-order valence-corrected chi connectivity index (χ2v) is 4.56. The van der Waals surface area contributed by atoms with Crippen molar-refractivity contribution in [2.75, 3.05) is 65.9 Å². The summed E-state index contributed by atoms with van der Waals surface area (Å²) >= 11 is 0. The fraction of sp³-hybridized carbons (Fsp3) is 0.923. The van der Waals surface area contributed by atoms with Crippen LogP contribution in [-0.4, -0.2) is 82.8 Å². The molecule has 0 aromatic rings. The van der Waals surface area contributed by atoms with Crippen LogP contribution in [0.2, 0.25) is 0 Å². The fourth-order valence-electron chi connectivity index (χ4n) is 1.73. The number of rotatable bonds is 1. The minimum absolute atomic E-state index is 0.0889. The lowest BCUT2D eigenvalue weighted by atomic mass is 10.3. The Morgan fingerprint density at radius 2 is 1.20 bits per heavy atom. The Balaban J connectivity index is 2.38. The molecular formula is C13H26N2O5. The fourth-order valence-corrected chi connectivity index (χ4v) is 1.73. The molecule has 7 heteroatoms. The molecule has 118 valence electrons. The highest BCUT2D eigenvalue weighted by Gasteiger charge is 2.16. The van der Waals surface area contributed by atoms with Crippen molar-refractivity contribution in [1.82, 2.24) is 4.90 Å². The van der Waals surface area contributed by atoms with Crippen molar-refractivity contribution in [2.45, 2.75) is 13.0 Å². The van der Waals surface area contributed by atoms with Gasteiger partial charge in [-0.2, -0.15) is 0 Å². The van der Waals surface area contributed by atoms with Gasteiger partial charge in [0.1, 0.15) is 0 Å². The molecule has 0 aliphatic carbocycles. The first-order valence-corrected chi connectivity index (χ1v) is 7.07. The number of nitrogens with zero attached hydrogens (tertiary/aromatic N) is 1. The van der Waals surface area contributed by atoms with Crippen molar-refractivity contribution >= 4 is 5.91 Å². The molecule has 0 radical (unpaired) electrons. The first-order valence-electron chi connectivity index (χ1n) is 7.07. The van der Waals surface area contributed by atoms with Crippen LogP contribution in [0, 0.1) is 0 Å². The van der Waals surface area contributed by atoms with Crippen LogP contribution < -0.4 is 5.73 Å². The molecule has 7 nitrogen and oxygen atoms in total. The molecule has 0 spiro atoms. The molecule has 1 atom stereocenters. The van der Waals surface area contributed by atoms with Crippen molar-refractivity contribution in [3.63, 3.8) is 0 Å². The molecule has 1 saturated heterocycles. The van der Waals surface area contributed by atoms with E-state index in [0.29, 0.717) is 65.9 Å². The van der Waals surface area contributed by atoms with Crippen molar-refractivity contribution < 1.29 is 23.7 Å². The van der Waals surface area contributed by atoms with Crippen molar-refractivity contribution in [2.24, 2.45) is 5.73 Å². The van der Waals surface area contributed by atoms with Gasteiger partial charge in [0.15, 0.2) is 0 Å². The number of nitrogens with two attached hydrogens (primary N) is 1. The summed E-state index contributed by atoms with van der Waals surface area (Å²) in [5, 5.41) is 0. The average Bonchev–Trinajstić information content (AvgIpc) is 2.44. The Bertz CT molecular complexity index is 247. The van der Waals surface area contributed by atoms with Gasteiger partial charge in [-0.15, -0.1) is 0 Å². The number of hydrogen-bond acceptors (Lipinski definition) is 6. The Morgan fingerprint density at radius 1 is 0.850 bits per heavy atom. The maximum Gasteiger partial charge on any atom is 0.239 e. The average molecular weight is 290 g/mol. The summed E-state index contributed by atoms with van der Waals surface area (Å²) in [4.78, 5) is 13.6. The van der Waals surface area contributed by atoms with Gasteiger partial charge < -0.3 is 29.6 Å². The van der Waals surface area contributed by atoms with Crippen molar-refractivity contribution in [1.29, 1.82) is 0 Å². The van der Waals surface area contributed by atoms with E-state index in [-0.39, 0.29) is 5.91 Å². The molecule has 20 heavy (non-hydrogen) atoms. The third-order valence-corrected chi connectivity index (χ3v) is 2.83. The summed E-state index contributed by atoms with van der Waals surface area (Å²) in [7, 11) is 0. The maximum absolute atomic E-state index is 11.9. The Morgan fingerprint density at radius 3 is 1.55 bits per heavy atom. The van der Waals surface area contributed by atoms with Gasteiger partial charge in [0.05, 0.1) is 58.9 Å². The van der Waals surface area contributed by atoms with Crippen molar-refractivity contribution in [3.05, 3.63) is 0 Å². The first-order chi connectivity index (χ1) is 9.72. The van der Waals surface area contributed by atoms with Crippen molar-refractivity contribution in [3.8, 4) is 0 Å². The molecular weight excluding hydrogens is 264 g/mol. The minimum atomic E-state index is -0.510. The van der Waals surface area contributed by atoms with Gasteiger partial charge in [-0.1, -0.05) is 0 Å². The molecule has 0 saturated carbocycles. The topological polar surface area (TPSA) is 83.3 Å². The molecule has 1 heterocycles. The number of carbonyl (C=O) groups is 1. The van der Waals surface area contributed by atoms with Crippen LogP contribution in [0.15, 0.2) is 0 Å². The highest BCUT2D eigenvalue weighted by atomic mass is 16.6. The third-order valence-electron chi connectivity index (χ3n) is 2.83. The minimum Gasteiger partial charge on any atom is -0.377 e. The zero-order valence-electron chi connectivity index (χ0n) is 12.2. The standard InChI is InChI=1S/C13H26N2O5/c1-12(14)13(16)15-2-4-17-6-8-19-10-11-20-9-7-18-5-3-15/h12H,2-11,14H2,1H3/t12-/m1/s1. The van der Waals surface area contributed by atoms with E-state index in [1.807, 2.05) is 0 Å². The highest BCUT2D eigenvalue weighted by molar-refractivity contribution is 5.81. The molecule has 1 aliphatic heterocycles. The molecule has 0 bridgehead atoms. The Kier molecular flexibility index (Phi) is 9.52. The summed E-state index contributed by atoms with van der Waals surface area (Å²) in [5.41, 5.74) is 5.64. The van der Waals surface area contributed by atoms with Gasteiger partial charge in [0.25, 0.3) is 0 Å². The van der Waals surface area contributed by atoms with Gasteiger partial charge >= 0.3 is 0 Å². The van der Waals surface area contributed by atoms with Crippen LogP contribution in [0.1, 0.15) is 6.92 Å². The molecule has 0 aromatic heterocycles. The molecule has 1 rings (SSSR count). The van der Waals surface area contributed by atoms with Crippen LogP contribution in [0.4, 0.5) is 0 Å². The van der Waals surface area contributed by atoms with Gasteiger partial charge in [-0.25, -0.2) is 0 Å². The van der Waals surface area contributed by atoms with Crippen LogP contribution in [0.25, 0.3) is 0 Å². The second-order valence-electron chi connectivity index (χ2n) is 4.56. The van der Waals surface area contributed by atoms with E-state index >= 15 is 0 Å². The van der Waals surface area contributed by atoms with E-state index < -0.39 is 6.04 Å². The first kappa shape index (κ1) is 17.3. The lowest BCUT2D eigenvalue weighted by Gasteiger charge is -2.24. The van der Waals surface area contributed by atoms with E-state index in [0.717, 1.165) is 0 Å². The highest BCUT2D eigenvalue weighted by Crippen LogP contribution is 1.95. The van der Waals surface area contributed by atoms with Gasteiger partial charge in [0.2, 0.25) is 5.91 Å². The summed E-state index contributed by atoms with van der Waals surface area (Å²) in [6.45, 7) is 6.84. The summed E-state index contributed by atoms with van der Waals surface area (Å²) < 4.78 is 21.5. The molecule has 0 aromatic carbocycles. The maximum atomic E-state index is 11.9. The SMILES string of the molecule is C[C@@H](N)C(=O)N1CCOCCOCCOCCOCC1. The monoisotopic (exact) mass is 290 g/mol. The van der Waals surface area contributed by atoms with E-state index in [9.17, 15) is 4.79 Å². The van der Waals surface area contributed by atoms with Crippen LogP contribution in [0.3, 0.4) is 0 Å². The quantitative estimate of drug-likeness (QED) is 0.683. The van der Waals surface area contributed by atoms with Crippen LogP contribution in [0.5, 0.6) is 0 Å². The largest absolute Gasteiger partial charge is 0.377 e. The third kappa shape index (κ3) is 7.76. The van der Waals surface area contributed by atoms with Crippen LogP contribution >= 0.6 is 0 Å². The predicted molar refractivity (Wildman–Crippen MR) is 73.5 cm³/mol. The summed E-state index contributed by atoms with van der Waals surface area (Å²) in [5.74, 6) is -0.0889. The number of amides is 1. The Hall–Kier alpha value is -0.730. The summed E-state index contributed by atoms with van der Waals surface area (Å²) in [6, 6.07) is -0.510. The lowest BCUT2D eigenvalue weighted by Crippen LogP contribution is -2.45. The summed E-state index contributed by atoms with van der Waals surface area (Å²) in [6.07, 6.45) is 0. The molecule has 1 fully saturated rings. The number of ether oxygens (including phenoxy) is 4. The van der Waals surface area contributed by atoms with Gasteiger partial charge in [-0.3, -0.25) is 4.79 Å². The Labute approximate surface area is 120 Å². The van der Waals surface area contributed by atoms with Gasteiger partial charge in [0, 0.05) is 13.1 Å². The van der Waals surface area contributed by atoms with E-state index in [2.05, 4.69) is 0 Å². The zero-order chi connectivity index (χ0) is 14.6. The lowest BCUT2D eigenvalue weighted by molar-refractivity contribution is -0.133. The second kappa shape index (κ2) is 11.0. The van der Waals surface area contributed by atoms with Gasteiger partial charge in [-0.05, 0) is 6.92 Å². The normalized spacial score (nSPS) is 22.6. The number of carbonyl (C=O) groups excluding carboxylic acids is 1. The predicted octanol–water partition coefficient (Wildman–Crippen LogP) is -0.758. The van der Waals surface area contributed by atoms with E-state index in [4.69, 9.17) is 24.7 Å². The zero-order valence-corrected chi connectivity index (χ0v) is 12.2. The smallest absolute Gasteiger partial charge is 0.239 e. The van der Waals surface area contributed by atoms with Crippen LogP contribution in [-0.2, 0) is 23.7 Å². The molecule has 0 unspecified atom stereocenters.